The summed E-state index contributed by atoms with van der Waals surface area (Å²) in [6.45, 7) is 2.96. The number of hydrogen-bond donors (Lipinski definition) is 2. The van der Waals surface area contributed by atoms with E-state index in [0.29, 0.717) is 24.9 Å². The zero-order valence-corrected chi connectivity index (χ0v) is 16.1. The minimum atomic E-state index is -0.751. The SMILES string of the molecule is O=C(O)CCN1C[C@@H]2[C@H](CNC(=O)C3(c4ccccc4)CC3)[C@H]3CC[C@]2(C1)O3. The van der Waals surface area contributed by atoms with E-state index in [-0.39, 0.29) is 29.4 Å². The van der Waals surface area contributed by atoms with Gasteiger partial charge in [-0.2, -0.15) is 0 Å². The maximum absolute atomic E-state index is 13.0. The second-order valence-corrected chi connectivity index (χ2v) is 9.07. The second-order valence-electron chi connectivity index (χ2n) is 9.07. The first kappa shape index (κ1) is 18.1. The lowest BCUT2D eigenvalue weighted by Gasteiger charge is -2.30. The molecule has 3 aliphatic heterocycles. The number of aliphatic carboxylic acids is 1. The number of benzene rings is 1. The van der Waals surface area contributed by atoms with E-state index in [9.17, 15) is 9.59 Å². The maximum atomic E-state index is 13.0. The molecule has 0 aromatic heterocycles. The molecule has 2 N–H and O–H groups in total. The van der Waals surface area contributed by atoms with Crippen molar-refractivity contribution in [3.05, 3.63) is 35.9 Å². The molecule has 0 radical (unpaired) electrons. The van der Waals surface area contributed by atoms with E-state index in [0.717, 1.165) is 44.3 Å². The molecule has 6 nitrogen and oxygen atoms in total. The zero-order chi connectivity index (χ0) is 19.4. The van der Waals surface area contributed by atoms with Gasteiger partial charge in [-0.15, -0.1) is 0 Å². The van der Waals surface area contributed by atoms with E-state index in [1.165, 1.54) is 0 Å². The number of carbonyl (C=O) groups excluding carboxylic acids is 1. The Morgan fingerprint density at radius 2 is 2.00 bits per heavy atom. The Bertz CT molecular complexity index is 778. The largest absolute Gasteiger partial charge is 0.481 e. The van der Waals surface area contributed by atoms with Gasteiger partial charge in [0.25, 0.3) is 0 Å². The summed E-state index contributed by atoms with van der Waals surface area (Å²) >= 11 is 0. The average Bonchev–Trinajstić information content (AvgIpc) is 3.17. The number of nitrogens with one attached hydrogen (secondary N) is 1. The summed E-state index contributed by atoms with van der Waals surface area (Å²) in [6.07, 6.45) is 4.36. The van der Waals surface area contributed by atoms with Gasteiger partial charge in [-0.05, 0) is 31.2 Å². The van der Waals surface area contributed by atoms with Crippen molar-refractivity contribution >= 4 is 11.9 Å². The number of nitrogens with zero attached hydrogens (tertiary/aromatic N) is 1. The van der Waals surface area contributed by atoms with Crippen molar-refractivity contribution in [1.29, 1.82) is 0 Å². The van der Waals surface area contributed by atoms with E-state index in [1.807, 2.05) is 18.2 Å². The number of ether oxygens (including phenoxy) is 1. The predicted octanol–water partition coefficient (Wildman–Crippen LogP) is 1.79. The first-order chi connectivity index (χ1) is 13.5. The molecule has 1 aromatic rings. The fraction of sp³-hybridized carbons (Fsp3) is 0.636. The molecule has 4 fully saturated rings. The van der Waals surface area contributed by atoms with Crippen LogP contribution in [0.2, 0.25) is 0 Å². The van der Waals surface area contributed by atoms with Crippen LogP contribution in [0.1, 0.15) is 37.7 Å². The number of fused-ring (bicyclic) bond motifs is 1. The molecule has 1 aromatic carbocycles. The molecule has 1 saturated carbocycles. The molecule has 0 unspecified atom stereocenters. The van der Waals surface area contributed by atoms with Gasteiger partial charge in [0.05, 0.1) is 23.5 Å². The van der Waals surface area contributed by atoms with Crippen LogP contribution in [0.3, 0.4) is 0 Å². The molecular formula is C22H28N2O4. The van der Waals surface area contributed by atoms with Crippen molar-refractivity contribution in [1.82, 2.24) is 10.2 Å². The highest BCUT2D eigenvalue weighted by Gasteiger charge is 2.63. The minimum absolute atomic E-state index is 0.116. The fourth-order valence-electron chi connectivity index (χ4n) is 5.89. The predicted molar refractivity (Wildman–Crippen MR) is 103 cm³/mol. The average molecular weight is 384 g/mol. The summed E-state index contributed by atoms with van der Waals surface area (Å²) in [5.41, 5.74) is 0.671. The number of carbonyl (C=O) groups is 2. The topological polar surface area (TPSA) is 78.9 Å². The molecule has 1 amide bonds. The Labute approximate surface area is 165 Å². The number of hydrogen-bond acceptors (Lipinski definition) is 4. The molecule has 150 valence electrons. The molecule has 2 bridgehead atoms. The van der Waals surface area contributed by atoms with Crippen LogP contribution in [-0.2, 0) is 19.7 Å². The van der Waals surface area contributed by atoms with Crippen molar-refractivity contribution in [3.8, 4) is 0 Å². The molecule has 28 heavy (non-hydrogen) atoms. The number of carboxylic acid groups (broad SMARTS) is 1. The third kappa shape index (κ3) is 2.85. The molecule has 4 aliphatic rings. The van der Waals surface area contributed by atoms with Crippen LogP contribution in [0.5, 0.6) is 0 Å². The van der Waals surface area contributed by atoms with E-state index >= 15 is 0 Å². The van der Waals surface area contributed by atoms with Crippen LogP contribution in [0.15, 0.2) is 30.3 Å². The molecule has 1 aliphatic carbocycles. The first-order valence-electron chi connectivity index (χ1n) is 10.5. The van der Waals surface area contributed by atoms with E-state index in [4.69, 9.17) is 9.84 Å². The zero-order valence-electron chi connectivity index (χ0n) is 16.1. The lowest BCUT2D eigenvalue weighted by molar-refractivity contribution is -0.137. The lowest BCUT2D eigenvalue weighted by Crippen LogP contribution is -2.44. The minimum Gasteiger partial charge on any atom is -0.481 e. The van der Waals surface area contributed by atoms with Gasteiger partial charge in [-0.25, -0.2) is 0 Å². The Morgan fingerprint density at radius 3 is 2.71 bits per heavy atom. The highest BCUT2D eigenvalue weighted by Crippen LogP contribution is 2.55. The molecule has 4 atom stereocenters. The molecule has 5 rings (SSSR count). The Balaban J connectivity index is 1.23. The summed E-state index contributed by atoms with van der Waals surface area (Å²) in [6, 6.07) is 10.1. The van der Waals surface area contributed by atoms with Gasteiger partial charge in [0.15, 0.2) is 0 Å². The number of carboxylic acids is 1. The highest BCUT2D eigenvalue weighted by molar-refractivity contribution is 5.91. The van der Waals surface area contributed by atoms with Crippen molar-refractivity contribution in [2.24, 2.45) is 11.8 Å². The van der Waals surface area contributed by atoms with Gasteiger partial charge in [-0.3, -0.25) is 14.5 Å². The van der Waals surface area contributed by atoms with Gasteiger partial charge >= 0.3 is 5.97 Å². The van der Waals surface area contributed by atoms with Gasteiger partial charge in [0, 0.05) is 38.0 Å². The van der Waals surface area contributed by atoms with E-state index < -0.39 is 5.97 Å². The van der Waals surface area contributed by atoms with Crippen LogP contribution in [0.4, 0.5) is 0 Å². The number of rotatable bonds is 7. The summed E-state index contributed by atoms with van der Waals surface area (Å²) in [5, 5.41) is 12.2. The summed E-state index contributed by atoms with van der Waals surface area (Å²) in [7, 11) is 0. The first-order valence-corrected chi connectivity index (χ1v) is 10.5. The maximum Gasteiger partial charge on any atom is 0.304 e. The van der Waals surface area contributed by atoms with Crippen LogP contribution in [0, 0.1) is 11.8 Å². The number of amides is 1. The molecule has 3 heterocycles. The fourth-order valence-corrected chi connectivity index (χ4v) is 5.89. The lowest BCUT2D eigenvalue weighted by atomic mass is 9.73. The number of likely N-dealkylation sites (tertiary alicyclic amines) is 1. The van der Waals surface area contributed by atoms with Crippen molar-refractivity contribution in [2.45, 2.75) is 49.2 Å². The van der Waals surface area contributed by atoms with Crippen molar-refractivity contribution < 1.29 is 19.4 Å². The Morgan fingerprint density at radius 1 is 1.21 bits per heavy atom. The monoisotopic (exact) mass is 384 g/mol. The van der Waals surface area contributed by atoms with Crippen LogP contribution >= 0.6 is 0 Å². The van der Waals surface area contributed by atoms with Crippen LogP contribution in [-0.4, -0.2) is 59.8 Å². The van der Waals surface area contributed by atoms with E-state index in [1.54, 1.807) is 0 Å². The van der Waals surface area contributed by atoms with Crippen LogP contribution in [0.25, 0.3) is 0 Å². The highest BCUT2D eigenvalue weighted by atomic mass is 16.5. The van der Waals surface area contributed by atoms with Crippen molar-refractivity contribution in [2.75, 3.05) is 26.2 Å². The van der Waals surface area contributed by atoms with Gasteiger partial charge < -0.3 is 15.2 Å². The van der Waals surface area contributed by atoms with Crippen LogP contribution < -0.4 is 5.32 Å². The summed E-state index contributed by atoms with van der Waals surface area (Å²) in [5.74, 6) is 0.127. The van der Waals surface area contributed by atoms with Gasteiger partial charge in [0.1, 0.15) is 0 Å². The normalized spacial score (nSPS) is 34.9. The third-order valence-electron chi connectivity index (χ3n) is 7.51. The molecule has 1 spiro atoms. The summed E-state index contributed by atoms with van der Waals surface area (Å²) in [4.78, 5) is 26.1. The summed E-state index contributed by atoms with van der Waals surface area (Å²) < 4.78 is 6.41. The Kier molecular flexibility index (Phi) is 4.25. The van der Waals surface area contributed by atoms with Gasteiger partial charge in [-0.1, -0.05) is 30.3 Å². The third-order valence-corrected chi connectivity index (χ3v) is 7.51. The second kappa shape index (κ2) is 6.56. The molecular weight excluding hydrogens is 356 g/mol. The molecule has 6 heteroatoms. The smallest absolute Gasteiger partial charge is 0.304 e. The molecule has 3 saturated heterocycles. The van der Waals surface area contributed by atoms with Crippen molar-refractivity contribution in [3.63, 3.8) is 0 Å². The van der Waals surface area contributed by atoms with E-state index in [2.05, 4.69) is 22.3 Å². The Hall–Kier alpha value is -1.92. The quantitative estimate of drug-likeness (QED) is 0.749. The van der Waals surface area contributed by atoms with Gasteiger partial charge in [0.2, 0.25) is 5.91 Å². The standard InChI is InChI=1S/C22H28N2O4/c25-19(26)7-11-24-13-17-16(18-6-8-22(17,14-24)28-18)12-23-20(27)21(9-10-21)15-4-2-1-3-5-15/h1-5,16-18H,6-14H2,(H,23,27)(H,25,26)/t16-,17+,18+,22+/m0/s1.